The van der Waals surface area contributed by atoms with Crippen molar-refractivity contribution in [1.82, 2.24) is 20.4 Å². The Hall–Kier alpha value is -2.83. The number of guanidine groups is 1. The number of carbonyl (C=O) groups excluding carboxylic acids is 1. The van der Waals surface area contributed by atoms with Crippen LogP contribution in [0.5, 0.6) is 0 Å². The molecular weight excluding hydrogens is 330 g/mol. The van der Waals surface area contributed by atoms with E-state index < -0.39 is 0 Å². The maximum absolute atomic E-state index is 11.3. The lowest BCUT2D eigenvalue weighted by atomic mass is 10.1. The summed E-state index contributed by atoms with van der Waals surface area (Å²) in [6.45, 7) is 4.29. The number of carbonyl (C=O) groups is 1. The van der Waals surface area contributed by atoms with Crippen molar-refractivity contribution in [2.75, 3.05) is 20.2 Å². The molecule has 0 spiro atoms. The van der Waals surface area contributed by atoms with Crippen molar-refractivity contribution in [2.45, 2.75) is 32.9 Å². The lowest BCUT2D eigenvalue weighted by Gasteiger charge is -2.14. The third kappa shape index (κ3) is 6.58. The van der Waals surface area contributed by atoms with E-state index in [9.17, 15) is 4.79 Å². The minimum atomic E-state index is -0.162. The molecule has 0 amide bonds. The number of aliphatic imine (C=N–C) groups is 1. The smallest absolute Gasteiger partial charge is 0.305 e. The summed E-state index contributed by atoms with van der Waals surface area (Å²) >= 11 is 0. The zero-order valence-corrected chi connectivity index (χ0v) is 15.4. The molecule has 1 aromatic heterocycles. The van der Waals surface area contributed by atoms with Crippen molar-refractivity contribution >= 4 is 11.9 Å². The molecule has 26 heavy (non-hydrogen) atoms. The van der Waals surface area contributed by atoms with Gasteiger partial charge in [0.1, 0.15) is 0 Å². The second-order valence-electron chi connectivity index (χ2n) is 5.73. The number of esters is 1. The van der Waals surface area contributed by atoms with Crippen molar-refractivity contribution in [3.05, 3.63) is 53.9 Å². The highest BCUT2D eigenvalue weighted by atomic mass is 16.5. The number of nitrogens with zero attached hydrogens (tertiary/aromatic N) is 3. The number of benzene rings is 1. The van der Waals surface area contributed by atoms with E-state index in [0.29, 0.717) is 38.5 Å². The second kappa shape index (κ2) is 10.9. The van der Waals surface area contributed by atoms with Gasteiger partial charge in [0.2, 0.25) is 0 Å². The van der Waals surface area contributed by atoms with Gasteiger partial charge in [-0.15, -0.1) is 0 Å². The van der Waals surface area contributed by atoms with Gasteiger partial charge in [0.25, 0.3) is 0 Å². The van der Waals surface area contributed by atoms with Crippen LogP contribution in [0.3, 0.4) is 0 Å². The Labute approximate surface area is 154 Å². The molecule has 0 saturated carbocycles. The van der Waals surface area contributed by atoms with Gasteiger partial charge >= 0.3 is 5.97 Å². The van der Waals surface area contributed by atoms with Crippen LogP contribution in [0.25, 0.3) is 0 Å². The summed E-state index contributed by atoms with van der Waals surface area (Å²) in [4.78, 5) is 15.6. The predicted molar refractivity (Wildman–Crippen MR) is 102 cm³/mol. The van der Waals surface area contributed by atoms with E-state index in [-0.39, 0.29) is 5.97 Å². The summed E-state index contributed by atoms with van der Waals surface area (Å²) in [6.07, 6.45) is 4.84. The van der Waals surface area contributed by atoms with Crippen LogP contribution in [-0.4, -0.2) is 41.9 Å². The predicted octanol–water partition coefficient (Wildman–Crippen LogP) is 1.94. The topological polar surface area (TPSA) is 80.5 Å². The van der Waals surface area contributed by atoms with Crippen molar-refractivity contribution in [2.24, 2.45) is 4.99 Å². The monoisotopic (exact) mass is 357 g/mol. The third-order valence-corrected chi connectivity index (χ3v) is 3.84. The van der Waals surface area contributed by atoms with E-state index >= 15 is 0 Å². The summed E-state index contributed by atoms with van der Waals surface area (Å²) in [5.74, 6) is 0.549. The molecule has 2 rings (SSSR count). The van der Waals surface area contributed by atoms with Crippen molar-refractivity contribution in [1.29, 1.82) is 0 Å². The Morgan fingerprint density at radius 3 is 2.73 bits per heavy atom. The Balaban J connectivity index is 1.80. The molecule has 1 aromatic carbocycles. The molecule has 7 nitrogen and oxygen atoms in total. The highest BCUT2D eigenvalue weighted by Gasteiger charge is 2.05. The lowest BCUT2D eigenvalue weighted by molar-refractivity contribution is -0.143. The van der Waals surface area contributed by atoms with Gasteiger partial charge in [0.05, 0.1) is 13.2 Å². The molecule has 140 valence electrons. The van der Waals surface area contributed by atoms with Crippen LogP contribution >= 0.6 is 0 Å². The summed E-state index contributed by atoms with van der Waals surface area (Å²) in [7, 11) is 1.73. The standard InChI is InChI=1S/C19H27N5O2/c1-3-26-18(25)10-6-11-21-19(20-2)22-14-16-8-4-5-9-17(16)15-24-13-7-12-23-24/h4-5,7-9,12-13H,3,6,10-11,14-15H2,1-2H3,(H2,20,21,22). The van der Waals surface area contributed by atoms with Gasteiger partial charge in [-0.25, -0.2) is 0 Å². The number of hydrogen-bond acceptors (Lipinski definition) is 4. The fourth-order valence-electron chi connectivity index (χ4n) is 2.52. The molecule has 0 atom stereocenters. The third-order valence-electron chi connectivity index (χ3n) is 3.84. The number of hydrogen-bond donors (Lipinski definition) is 2. The van der Waals surface area contributed by atoms with Crippen LogP contribution in [0.15, 0.2) is 47.7 Å². The van der Waals surface area contributed by atoms with E-state index in [1.165, 1.54) is 11.1 Å². The molecule has 0 aliphatic rings. The maximum atomic E-state index is 11.3. The number of rotatable bonds is 9. The summed E-state index contributed by atoms with van der Waals surface area (Å²) in [6, 6.07) is 10.2. The number of nitrogens with one attached hydrogen (secondary N) is 2. The minimum Gasteiger partial charge on any atom is -0.466 e. The molecule has 0 fully saturated rings. The molecule has 0 aliphatic carbocycles. The molecule has 2 N–H and O–H groups in total. The quantitative estimate of drug-likeness (QED) is 0.310. The summed E-state index contributed by atoms with van der Waals surface area (Å²) < 4.78 is 6.82. The van der Waals surface area contributed by atoms with Crippen LogP contribution in [0, 0.1) is 0 Å². The molecular formula is C19H27N5O2. The first-order valence-electron chi connectivity index (χ1n) is 8.87. The van der Waals surface area contributed by atoms with Crippen molar-refractivity contribution in [3.8, 4) is 0 Å². The van der Waals surface area contributed by atoms with E-state index in [1.807, 2.05) is 36.0 Å². The fourth-order valence-corrected chi connectivity index (χ4v) is 2.52. The molecule has 0 unspecified atom stereocenters. The average molecular weight is 357 g/mol. The Bertz CT molecular complexity index is 698. The Morgan fingerprint density at radius 2 is 2.04 bits per heavy atom. The molecule has 0 bridgehead atoms. The normalized spacial score (nSPS) is 11.2. The zero-order chi connectivity index (χ0) is 18.6. The van der Waals surface area contributed by atoms with Gasteiger partial charge in [-0.05, 0) is 30.5 Å². The van der Waals surface area contributed by atoms with Crippen molar-refractivity contribution < 1.29 is 9.53 Å². The molecule has 0 saturated heterocycles. The van der Waals surface area contributed by atoms with Gasteiger partial charge in [0, 0.05) is 39.0 Å². The van der Waals surface area contributed by atoms with E-state index in [1.54, 1.807) is 13.2 Å². The van der Waals surface area contributed by atoms with Crippen LogP contribution in [-0.2, 0) is 22.6 Å². The first-order chi connectivity index (χ1) is 12.7. The fraction of sp³-hybridized carbons (Fsp3) is 0.421. The van der Waals surface area contributed by atoms with Crippen molar-refractivity contribution in [3.63, 3.8) is 0 Å². The minimum absolute atomic E-state index is 0.162. The molecule has 2 aromatic rings. The van der Waals surface area contributed by atoms with Gasteiger partial charge in [0.15, 0.2) is 5.96 Å². The van der Waals surface area contributed by atoms with Gasteiger partial charge in [-0.1, -0.05) is 24.3 Å². The molecule has 7 heteroatoms. The Morgan fingerprint density at radius 1 is 1.23 bits per heavy atom. The van der Waals surface area contributed by atoms with E-state index in [2.05, 4.69) is 32.9 Å². The van der Waals surface area contributed by atoms with Crippen LogP contribution in [0.2, 0.25) is 0 Å². The van der Waals surface area contributed by atoms with E-state index in [4.69, 9.17) is 4.74 Å². The van der Waals surface area contributed by atoms with Crippen LogP contribution in [0.1, 0.15) is 30.9 Å². The first-order valence-corrected chi connectivity index (χ1v) is 8.87. The highest BCUT2D eigenvalue weighted by molar-refractivity contribution is 5.79. The average Bonchev–Trinajstić information content (AvgIpc) is 3.15. The maximum Gasteiger partial charge on any atom is 0.305 e. The van der Waals surface area contributed by atoms with Crippen LogP contribution < -0.4 is 10.6 Å². The lowest BCUT2D eigenvalue weighted by Crippen LogP contribution is -2.37. The first kappa shape index (κ1) is 19.5. The zero-order valence-electron chi connectivity index (χ0n) is 15.4. The summed E-state index contributed by atoms with van der Waals surface area (Å²) in [5.41, 5.74) is 2.40. The molecule has 1 heterocycles. The second-order valence-corrected chi connectivity index (χ2v) is 5.73. The largest absolute Gasteiger partial charge is 0.466 e. The number of aromatic nitrogens is 2. The number of ether oxygens (including phenoxy) is 1. The van der Waals surface area contributed by atoms with Gasteiger partial charge < -0.3 is 15.4 Å². The van der Waals surface area contributed by atoms with Gasteiger partial charge in [-0.3, -0.25) is 14.5 Å². The van der Waals surface area contributed by atoms with E-state index in [0.717, 1.165) is 6.54 Å². The molecule has 0 radical (unpaired) electrons. The molecule has 0 aliphatic heterocycles. The highest BCUT2D eigenvalue weighted by Crippen LogP contribution is 2.10. The Kier molecular flexibility index (Phi) is 8.18. The van der Waals surface area contributed by atoms with Crippen LogP contribution in [0.4, 0.5) is 0 Å². The van der Waals surface area contributed by atoms with Gasteiger partial charge in [-0.2, -0.15) is 5.10 Å². The summed E-state index contributed by atoms with van der Waals surface area (Å²) in [5, 5.41) is 10.8. The SMILES string of the molecule is CCOC(=O)CCCNC(=NC)NCc1ccccc1Cn1cccn1.